The molecule has 1 heterocycles. The molecule has 2 N–H and O–H groups in total. The van der Waals surface area contributed by atoms with Gasteiger partial charge in [0, 0.05) is 18.0 Å². The predicted molar refractivity (Wildman–Crippen MR) is 88.5 cm³/mol. The van der Waals surface area contributed by atoms with E-state index in [1.165, 1.54) is 20.2 Å². The maximum Gasteiger partial charge on any atom is 0.328 e. The summed E-state index contributed by atoms with van der Waals surface area (Å²) in [5.74, 6) is -0.664. The van der Waals surface area contributed by atoms with Crippen LogP contribution < -0.4 is 21.3 Å². The van der Waals surface area contributed by atoms with Gasteiger partial charge in [-0.1, -0.05) is 0 Å². The molecule has 0 saturated heterocycles. The Balaban J connectivity index is 1.92. The van der Waals surface area contributed by atoms with Gasteiger partial charge in [-0.2, -0.15) is 0 Å². The van der Waals surface area contributed by atoms with E-state index in [2.05, 4.69) is 5.32 Å². The zero-order chi connectivity index (χ0) is 18.4. The first-order valence-corrected chi connectivity index (χ1v) is 7.33. The van der Waals surface area contributed by atoms with Crippen molar-refractivity contribution in [2.45, 2.75) is 19.6 Å². The van der Waals surface area contributed by atoms with Crippen molar-refractivity contribution >= 4 is 17.6 Å². The van der Waals surface area contributed by atoms with Crippen LogP contribution in [-0.2, 0) is 20.9 Å². The van der Waals surface area contributed by atoms with Crippen molar-refractivity contribution in [3.63, 3.8) is 0 Å². The third kappa shape index (κ3) is 5.06. The number of benzene rings is 1. The maximum atomic E-state index is 12.0. The van der Waals surface area contributed by atoms with Crippen LogP contribution in [0.2, 0.25) is 0 Å². The van der Waals surface area contributed by atoms with Crippen LogP contribution in [0.25, 0.3) is 0 Å². The van der Waals surface area contributed by atoms with Crippen molar-refractivity contribution in [1.82, 2.24) is 9.55 Å². The molecule has 2 aromatic rings. The predicted octanol–water partition coefficient (Wildman–Crippen LogP) is 0.116. The Labute approximate surface area is 142 Å². The molecule has 1 aromatic carbocycles. The van der Waals surface area contributed by atoms with E-state index in [1.54, 1.807) is 24.3 Å². The maximum absolute atomic E-state index is 12.0. The number of anilines is 1. The number of rotatable bonds is 6. The lowest BCUT2D eigenvalue weighted by atomic mass is 10.3. The number of methoxy groups -OCH3 is 1. The van der Waals surface area contributed by atoms with Gasteiger partial charge in [0.05, 0.1) is 7.11 Å². The first-order chi connectivity index (χ1) is 11.9. The number of nitrogens with one attached hydrogen (secondary N) is 2. The average molecular weight is 347 g/mol. The van der Waals surface area contributed by atoms with Gasteiger partial charge in [0.25, 0.3) is 11.5 Å². The minimum absolute atomic E-state index is 0.421. The van der Waals surface area contributed by atoms with Gasteiger partial charge in [-0.25, -0.2) is 4.79 Å². The molecule has 1 atom stereocenters. The molecule has 0 bridgehead atoms. The third-order valence-electron chi connectivity index (χ3n) is 3.23. The number of carbonyl (C=O) groups excluding carboxylic acids is 2. The van der Waals surface area contributed by atoms with E-state index in [-0.39, 0.29) is 0 Å². The quantitative estimate of drug-likeness (QED) is 0.716. The number of ether oxygens (including phenoxy) is 2. The van der Waals surface area contributed by atoms with Crippen molar-refractivity contribution in [3.05, 3.63) is 57.4 Å². The number of carbonyl (C=O) groups is 2. The van der Waals surface area contributed by atoms with Crippen LogP contribution in [0.1, 0.15) is 6.92 Å². The van der Waals surface area contributed by atoms with Gasteiger partial charge in [0.15, 0.2) is 6.10 Å². The van der Waals surface area contributed by atoms with Crippen molar-refractivity contribution in [2.75, 3.05) is 12.4 Å². The monoisotopic (exact) mass is 347 g/mol. The highest BCUT2D eigenvalue weighted by atomic mass is 16.5. The van der Waals surface area contributed by atoms with Gasteiger partial charge >= 0.3 is 11.7 Å². The summed E-state index contributed by atoms with van der Waals surface area (Å²) in [5, 5.41) is 2.59. The highest BCUT2D eigenvalue weighted by molar-refractivity contribution is 5.95. The summed E-state index contributed by atoms with van der Waals surface area (Å²) in [6, 6.07) is 7.74. The summed E-state index contributed by atoms with van der Waals surface area (Å²) in [7, 11) is 1.53. The summed E-state index contributed by atoms with van der Waals surface area (Å²) in [5.41, 5.74) is -0.785. The molecule has 0 fully saturated rings. The lowest BCUT2D eigenvalue weighted by molar-refractivity contribution is -0.153. The molecule has 0 radical (unpaired) electrons. The molecule has 9 heteroatoms. The van der Waals surface area contributed by atoms with E-state index in [0.29, 0.717) is 11.4 Å². The number of hydrogen-bond donors (Lipinski definition) is 2. The highest BCUT2D eigenvalue weighted by Gasteiger charge is 2.18. The van der Waals surface area contributed by atoms with Crippen molar-refractivity contribution in [2.24, 2.45) is 0 Å². The van der Waals surface area contributed by atoms with Crippen LogP contribution in [0.3, 0.4) is 0 Å². The number of hydrogen-bond acceptors (Lipinski definition) is 6. The van der Waals surface area contributed by atoms with E-state index < -0.39 is 35.8 Å². The summed E-state index contributed by atoms with van der Waals surface area (Å²) in [6.07, 6.45) is 0.109. The highest BCUT2D eigenvalue weighted by Crippen LogP contribution is 2.15. The summed E-state index contributed by atoms with van der Waals surface area (Å²) in [6.45, 7) is 0.988. The summed E-state index contributed by atoms with van der Waals surface area (Å²) < 4.78 is 11.0. The van der Waals surface area contributed by atoms with Crippen molar-refractivity contribution in [1.29, 1.82) is 0 Å². The number of esters is 1. The second-order valence-electron chi connectivity index (χ2n) is 5.09. The second-order valence-corrected chi connectivity index (χ2v) is 5.09. The summed E-state index contributed by atoms with van der Waals surface area (Å²) in [4.78, 5) is 48.3. The Morgan fingerprint density at radius 3 is 2.48 bits per heavy atom. The van der Waals surface area contributed by atoms with Gasteiger partial charge in [-0.05, 0) is 31.2 Å². The number of aromatic nitrogens is 2. The molecule has 1 aromatic heterocycles. The SMILES string of the molecule is COc1ccc(NC(=O)[C@H](C)OC(=O)Cn2ccc(=O)[nH]c2=O)cc1. The van der Waals surface area contributed by atoms with Gasteiger partial charge in [0.1, 0.15) is 12.3 Å². The fourth-order valence-corrected chi connectivity index (χ4v) is 1.91. The zero-order valence-electron chi connectivity index (χ0n) is 13.6. The van der Waals surface area contributed by atoms with E-state index >= 15 is 0 Å². The Morgan fingerprint density at radius 1 is 1.20 bits per heavy atom. The molecule has 0 aliphatic heterocycles. The molecular weight excluding hydrogens is 330 g/mol. The number of nitrogens with zero attached hydrogens (tertiary/aromatic N) is 1. The molecule has 1 amide bonds. The van der Waals surface area contributed by atoms with Crippen LogP contribution in [0.15, 0.2) is 46.1 Å². The lowest BCUT2D eigenvalue weighted by Crippen LogP contribution is -2.34. The molecule has 0 aliphatic carbocycles. The van der Waals surface area contributed by atoms with E-state index in [9.17, 15) is 19.2 Å². The standard InChI is InChI=1S/C16H17N3O6/c1-10(15(22)17-11-3-5-12(24-2)6-4-11)25-14(21)9-19-8-7-13(20)18-16(19)23/h3-8,10H,9H2,1-2H3,(H,17,22)(H,18,20,23)/t10-/m0/s1. The second kappa shape index (κ2) is 7.95. The van der Waals surface area contributed by atoms with Gasteiger partial charge in [-0.15, -0.1) is 0 Å². The first-order valence-electron chi connectivity index (χ1n) is 7.33. The molecule has 0 spiro atoms. The summed E-state index contributed by atoms with van der Waals surface area (Å²) >= 11 is 0. The van der Waals surface area contributed by atoms with Crippen molar-refractivity contribution in [3.8, 4) is 5.75 Å². The molecule has 2 rings (SSSR count). The van der Waals surface area contributed by atoms with Crippen molar-refractivity contribution < 1.29 is 19.1 Å². The van der Waals surface area contributed by atoms with Crippen LogP contribution in [0.4, 0.5) is 5.69 Å². The Morgan fingerprint density at radius 2 is 1.88 bits per heavy atom. The van der Waals surface area contributed by atoms with E-state index in [0.717, 1.165) is 10.6 Å². The van der Waals surface area contributed by atoms with E-state index in [1.807, 2.05) is 4.98 Å². The van der Waals surface area contributed by atoms with Crippen LogP contribution in [0.5, 0.6) is 5.75 Å². The minimum Gasteiger partial charge on any atom is -0.497 e. The zero-order valence-corrected chi connectivity index (χ0v) is 13.6. The van der Waals surface area contributed by atoms with Crippen LogP contribution in [-0.4, -0.2) is 34.6 Å². The van der Waals surface area contributed by atoms with E-state index in [4.69, 9.17) is 9.47 Å². The minimum atomic E-state index is -1.06. The first kappa shape index (κ1) is 18.0. The molecule has 0 aliphatic rings. The lowest BCUT2D eigenvalue weighted by Gasteiger charge is -2.14. The van der Waals surface area contributed by atoms with Gasteiger partial charge < -0.3 is 14.8 Å². The molecule has 9 nitrogen and oxygen atoms in total. The largest absolute Gasteiger partial charge is 0.497 e. The van der Waals surface area contributed by atoms with Gasteiger partial charge in [-0.3, -0.25) is 23.9 Å². The smallest absolute Gasteiger partial charge is 0.328 e. The van der Waals surface area contributed by atoms with Gasteiger partial charge in [0.2, 0.25) is 0 Å². The van der Waals surface area contributed by atoms with Crippen LogP contribution in [0, 0.1) is 0 Å². The Kier molecular flexibility index (Phi) is 5.72. The molecular formula is C16H17N3O6. The number of amides is 1. The third-order valence-corrected chi connectivity index (χ3v) is 3.23. The molecule has 0 unspecified atom stereocenters. The Hall–Kier alpha value is -3.36. The molecule has 0 saturated carbocycles. The average Bonchev–Trinajstić information content (AvgIpc) is 2.58. The molecule has 132 valence electrons. The fraction of sp³-hybridized carbons (Fsp3) is 0.250. The topological polar surface area (TPSA) is 119 Å². The fourth-order valence-electron chi connectivity index (χ4n) is 1.91. The molecule has 25 heavy (non-hydrogen) atoms. The normalized spacial score (nSPS) is 11.4. The number of H-pyrrole nitrogens is 1. The number of aromatic amines is 1. The Bertz CT molecular complexity index is 868. The van der Waals surface area contributed by atoms with Crippen LogP contribution >= 0.6 is 0 Å².